The molecule has 4 saturated carbocycles. The predicted molar refractivity (Wildman–Crippen MR) is 152 cm³/mol. The average Bonchev–Trinajstić information content (AvgIpc) is 3.30. The number of benzene rings is 1. The second-order valence-corrected chi connectivity index (χ2v) is 13.8. The van der Waals surface area contributed by atoms with E-state index in [1.54, 1.807) is 0 Å². The van der Waals surface area contributed by atoms with Gasteiger partial charge in [-0.05, 0) is 111 Å². The minimum Gasteiger partial charge on any atom is -0.469 e. The summed E-state index contributed by atoms with van der Waals surface area (Å²) in [5.74, 6) is 2.29. The second kappa shape index (κ2) is 11.5. The lowest BCUT2D eigenvalue weighted by atomic mass is 9.43. The average molecular weight is 553 g/mol. The number of methoxy groups -OCH3 is 1. The standard InChI is InChI=1S/C34H48O6/c1-21(11-16-31(36)38-5)27-14-15-28-26-13-12-24-19-25(39-22(2)35)17-18-33(24,3)29(26)20-30(34(27,28)4)40-32(37)23-9-7-6-8-10-23/h6-10,21,24-30H,11-20H2,1-5H3/t21-,24+,25-,26+,27+,28-,29-,30-,33+,34-/m1/s1. The normalized spacial score (nSPS) is 39.2. The van der Waals surface area contributed by atoms with Crippen LogP contribution in [0.4, 0.5) is 0 Å². The zero-order valence-electron chi connectivity index (χ0n) is 25.0. The highest BCUT2D eigenvalue weighted by molar-refractivity contribution is 5.89. The lowest BCUT2D eigenvalue weighted by Crippen LogP contribution is -2.59. The number of ether oxygens (including phenoxy) is 3. The molecule has 0 spiro atoms. The van der Waals surface area contributed by atoms with Crippen LogP contribution in [0.2, 0.25) is 0 Å². The third-order valence-electron chi connectivity index (χ3n) is 12.1. The molecular formula is C34H48O6. The van der Waals surface area contributed by atoms with Crippen LogP contribution in [-0.4, -0.2) is 37.2 Å². The van der Waals surface area contributed by atoms with Gasteiger partial charge in [-0.3, -0.25) is 9.59 Å². The van der Waals surface area contributed by atoms with Crippen molar-refractivity contribution >= 4 is 17.9 Å². The van der Waals surface area contributed by atoms with Crippen molar-refractivity contribution in [3.63, 3.8) is 0 Å². The van der Waals surface area contributed by atoms with Gasteiger partial charge in [0.15, 0.2) is 0 Å². The highest BCUT2D eigenvalue weighted by Gasteiger charge is 2.65. The quantitative estimate of drug-likeness (QED) is 0.268. The summed E-state index contributed by atoms with van der Waals surface area (Å²) < 4.78 is 17.2. The third-order valence-corrected chi connectivity index (χ3v) is 12.1. The molecule has 40 heavy (non-hydrogen) atoms. The van der Waals surface area contributed by atoms with Crippen LogP contribution in [0.3, 0.4) is 0 Å². The van der Waals surface area contributed by atoms with Crippen LogP contribution < -0.4 is 0 Å². The van der Waals surface area contributed by atoms with E-state index in [4.69, 9.17) is 14.2 Å². The summed E-state index contributed by atoms with van der Waals surface area (Å²) in [5.41, 5.74) is 0.638. The molecule has 0 saturated heterocycles. The molecule has 0 aromatic heterocycles. The van der Waals surface area contributed by atoms with Crippen molar-refractivity contribution < 1.29 is 28.6 Å². The number of hydrogen-bond donors (Lipinski definition) is 0. The molecule has 6 nitrogen and oxygen atoms in total. The van der Waals surface area contributed by atoms with Crippen molar-refractivity contribution in [1.82, 2.24) is 0 Å². The Labute approximate surface area is 239 Å². The SMILES string of the molecule is COC(=O)CC[C@@H](C)[C@@H]1CC[C@@H]2[C@@H]3CC[C@H]4C[C@H](OC(C)=O)CC[C@]4(C)[C@@H]3C[C@@H](OC(=O)c3ccccc3)[C@@]21C. The van der Waals surface area contributed by atoms with Gasteiger partial charge < -0.3 is 14.2 Å². The fourth-order valence-electron chi connectivity index (χ4n) is 10.1. The Balaban J connectivity index is 1.44. The van der Waals surface area contributed by atoms with Crippen LogP contribution in [0.1, 0.15) is 102 Å². The van der Waals surface area contributed by atoms with E-state index < -0.39 is 0 Å². The number of rotatable bonds is 7. The Morgan fingerprint density at radius 1 is 0.950 bits per heavy atom. The van der Waals surface area contributed by atoms with Gasteiger partial charge in [0.1, 0.15) is 12.2 Å². The number of esters is 3. The van der Waals surface area contributed by atoms with Gasteiger partial charge in [0, 0.05) is 18.8 Å². The van der Waals surface area contributed by atoms with Crippen LogP contribution in [0.25, 0.3) is 0 Å². The minimum atomic E-state index is -0.229. The van der Waals surface area contributed by atoms with E-state index in [2.05, 4.69) is 20.8 Å². The van der Waals surface area contributed by atoms with Crippen LogP contribution in [0, 0.1) is 46.3 Å². The van der Waals surface area contributed by atoms with Gasteiger partial charge in [0.05, 0.1) is 12.7 Å². The summed E-state index contributed by atoms with van der Waals surface area (Å²) in [6, 6.07) is 9.38. The molecule has 4 aliphatic rings. The monoisotopic (exact) mass is 552 g/mol. The van der Waals surface area contributed by atoms with E-state index in [-0.39, 0.29) is 40.9 Å². The highest BCUT2D eigenvalue weighted by atomic mass is 16.5. The fraction of sp³-hybridized carbons (Fsp3) is 0.735. The zero-order valence-corrected chi connectivity index (χ0v) is 25.0. The van der Waals surface area contributed by atoms with Crippen molar-refractivity contribution in [3.8, 4) is 0 Å². The Hall–Kier alpha value is -2.37. The third kappa shape index (κ3) is 5.20. The second-order valence-electron chi connectivity index (χ2n) is 13.8. The number of hydrogen-bond acceptors (Lipinski definition) is 6. The molecule has 0 radical (unpaired) electrons. The van der Waals surface area contributed by atoms with Crippen molar-refractivity contribution in [2.75, 3.05) is 7.11 Å². The lowest BCUT2D eigenvalue weighted by Gasteiger charge is -2.62. The summed E-state index contributed by atoms with van der Waals surface area (Å²) in [7, 11) is 1.46. The molecule has 4 aliphatic carbocycles. The van der Waals surface area contributed by atoms with Crippen molar-refractivity contribution in [3.05, 3.63) is 35.9 Å². The molecule has 1 aromatic rings. The Morgan fingerprint density at radius 2 is 1.70 bits per heavy atom. The van der Waals surface area contributed by atoms with E-state index >= 15 is 0 Å². The van der Waals surface area contributed by atoms with Gasteiger partial charge in [-0.25, -0.2) is 4.79 Å². The maximum Gasteiger partial charge on any atom is 0.338 e. The highest BCUT2D eigenvalue weighted by Crippen LogP contribution is 2.69. The van der Waals surface area contributed by atoms with Gasteiger partial charge in [0.25, 0.3) is 0 Å². The van der Waals surface area contributed by atoms with Gasteiger partial charge in [-0.1, -0.05) is 39.0 Å². The molecule has 0 unspecified atom stereocenters. The molecule has 5 rings (SSSR count). The van der Waals surface area contributed by atoms with Gasteiger partial charge in [-0.2, -0.15) is 0 Å². The summed E-state index contributed by atoms with van der Waals surface area (Å²) >= 11 is 0. The molecule has 0 bridgehead atoms. The summed E-state index contributed by atoms with van der Waals surface area (Å²) in [6.45, 7) is 8.66. The van der Waals surface area contributed by atoms with Crippen LogP contribution in [0.15, 0.2) is 30.3 Å². The molecule has 6 heteroatoms. The predicted octanol–water partition coefficient (Wildman–Crippen LogP) is 7.00. The smallest absolute Gasteiger partial charge is 0.338 e. The number of carbonyl (C=O) groups excluding carboxylic acids is 3. The first-order valence-corrected chi connectivity index (χ1v) is 15.6. The van der Waals surface area contributed by atoms with Gasteiger partial charge >= 0.3 is 17.9 Å². The molecule has 4 fully saturated rings. The maximum atomic E-state index is 13.5. The van der Waals surface area contributed by atoms with Gasteiger partial charge in [0.2, 0.25) is 0 Å². The Kier molecular flexibility index (Phi) is 8.37. The molecule has 0 N–H and O–H groups in total. The topological polar surface area (TPSA) is 78.9 Å². The molecule has 10 atom stereocenters. The van der Waals surface area contributed by atoms with Crippen LogP contribution >= 0.6 is 0 Å². The Morgan fingerprint density at radius 3 is 2.40 bits per heavy atom. The van der Waals surface area contributed by atoms with Crippen molar-refractivity contribution in [2.24, 2.45) is 46.3 Å². The van der Waals surface area contributed by atoms with Crippen molar-refractivity contribution in [1.29, 1.82) is 0 Å². The first-order valence-electron chi connectivity index (χ1n) is 15.6. The molecule has 1 aromatic carbocycles. The molecule has 220 valence electrons. The van der Waals surface area contributed by atoms with Gasteiger partial charge in [-0.15, -0.1) is 0 Å². The largest absolute Gasteiger partial charge is 0.469 e. The maximum absolute atomic E-state index is 13.5. The number of fused-ring (bicyclic) bond motifs is 5. The van der Waals surface area contributed by atoms with E-state index in [9.17, 15) is 14.4 Å². The first-order chi connectivity index (χ1) is 19.1. The molecule has 0 amide bonds. The summed E-state index contributed by atoms with van der Waals surface area (Å²) in [6.07, 6.45) is 9.54. The first kappa shape index (κ1) is 29.1. The lowest BCUT2D eigenvalue weighted by molar-refractivity contribution is -0.181. The van der Waals surface area contributed by atoms with Crippen molar-refractivity contribution in [2.45, 2.75) is 104 Å². The zero-order chi connectivity index (χ0) is 28.7. The van der Waals surface area contributed by atoms with Crippen LogP contribution in [0.5, 0.6) is 0 Å². The summed E-state index contributed by atoms with van der Waals surface area (Å²) in [4.78, 5) is 37.2. The Bertz CT molecular complexity index is 1090. The van der Waals surface area contributed by atoms with Crippen LogP contribution in [-0.2, 0) is 23.8 Å². The van der Waals surface area contributed by atoms with E-state index in [0.717, 1.165) is 44.9 Å². The fourth-order valence-corrected chi connectivity index (χ4v) is 10.1. The number of carbonyl (C=O) groups is 3. The molecular weight excluding hydrogens is 504 g/mol. The van der Waals surface area contributed by atoms with E-state index in [1.165, 1.54) is 26.9 Å². The minimum absolute atomic E-state index is 0.0270. The molecule has 0 aliphatic heterocycles. The molecule has 0 heterocycles. The van der Waals surface area contributed by atoms with E-state index in [1.807, 2.05) is 30.3 Å². The summed E-state index contributed by atoms with van der Waals surface area (Å²) in [5, 5.41) is 0. The van der Waals surface area contributed by atoms with E-state index in [0.29, 0.717) is 47.5 Å².